The summed E-state index contributed by atoms with van der Waals surface area (Å²) in [6.45, 7) is -0.0278. The van der Waals surface area contributed by atoms with E-state index in [4.69, 9.17) is 26.2 Å². The number of ether oxygens (including phenoxy) is 2. The molecule has 1 N–H and O–H groups in total. The number of rotatable bonds is 9. The topological polar surface area (TPSA) is 93.1 Å². The number of sulfonamides is 1. The number of aliphatic carboxylic acids is 1. The number of nitrogens with zero attached hydrogens (tertiary/aromatic N) is 1. The van der Waals surface area contributed by atoms with E-state index in [1.807, 2.05) is 0 Å². The van der Waals surface area contributed by atoms with Gasteiger partial charge >= 0.3 is 5.97 Å². The summed E-state index contributed by atoms with van der Waals surface area (Å²) in [4.78, 5) is 10.9. The van der Waals surface area contributed by atoms with Crippen molar-refractivity contribution in [3.8, 4) is 11.5 Å². The van der Waals surface area contributed by atoms with Crippen LogP contribution in [0.25, 0.3) is 0 Å². The average molecular weight is 414 g/mol. The molecule has 0 saturated heterocycles. The molecule has 146 valence electrons. The highest BCUT2D eigenvalue weighted by atomic mass is 35.5. The van der Waals surface area contributed by atoms with Crippen LogP contribution in [0.4, 0.5) is 5.69 Å². The molecular weight excluding hydrogens is 394 g/mol. The lowest BCUT2D eigenvalue weighted by Crippen LogP contribution is -2.32. The minimum absolute atomic E-state index is 0.0278. The minimum Gasteiger partial charge on any atom is -0.497 e. The summed E-state index contributed by atoms with van der Waals surface area (Å²) < 4.78 is 38.0. The van der Waals surface area contributed by atoms with Crippen LogP contribution < -0.4 is 13.8 Å². The number of benzene rings is 2. The van der Waals surface area contributed by atoms with Crippen molar-refractivity contribution in [1.29, 1.82) is 0 Å². The number of halogens is 1. The third kappa shape index (κ3) is 5.05. The lowest BCUT2D eigenvalue weighted by molar-refractivity contribution is -0.137. The van der Waals surface area contributed by atoms with Crippen molar-refractivity contribution >= 4 is 33.3 Å². The molecule has 0 saturated carbocycles. The number of anilines is 1. The van der Waals surface area contributed by atoms with E-state index in [9.17, 15) is 13.2 Å². The van der Waals surface area contributed by atoms with Crippen LogP contribution in [0.3, 0.4) is 0 Å². The van der Waals surface area contributed by atoms with E-state index in [-0.39, 0.29) is 24.3 Å². The molecule has 27 heavy (non-hydrogen) atoms. The van der Waals surface area contributed by atoms with Crippen molar-refractivity contribution in [1.82, 2.24) is 0 Å². The zero-order chi connectivity index (χ0) is 20.0. The van der Waals surface area contributed by atoms with Crippen molar-refractivity contribution in [2.45, 2.75) is 17.7 Å². The van der Waals surface area contributed by atoms with Crippen LogP contribution in [0.1, 0.15) is 12.8 Å². The maximum Gasteiger partial charge on any atom is 0.303 e. The fourth-order valence-corrected chi connectivity index (χ4v) is 4.11. The standard InChI is InChI=1S/C18H20ClNO6S/c1-25-14-7-10-16(17(12-14)26-2)20(11-3-4-18(21)22)27(23,24)15-8-5-13(19)6-9-15/h5-10,12H,3-4,11H2,1-2H3,(H,21,22). The molecule has 0 radical (unpaired) electrons. The molecule has 2 rings (SSSR count). The van der Waals surface area contributed by atoms with Crippen LogP contribution in [-0.2, 0) is 14.8 Å². The third-order valence-corrected chi connectivity index (χ3v) is 5.89. The molecule has 0 aromatic heterocycles. The number of methoxy groups -OCH3 is 2. The first-order chi connectivity index (χ1) is 12.8. The highest BCUT2D eigenvalue weighted by Gasteiger charge is 2.27. The predicted molar refractivity (Wildman–Crippen MR) is 102 cm³/mol. The van der Waals surface area contributed by atoms with E-state index in [2.05, 4.69) is 0 Å². The predicted octanol–water partition coefficient (Wildman–Crippen LogP) is 3.42. The van der Waals surface area contributed by atoms with Gasteiger partial charge in [-0.3, -0.25) is 9.10 Å². The smallest absolute Gasteiger partial charge is 0.303 e. The Kier molecular flexibility index (Phi) is 6.92. The summed E-state index contributed by atoms with van der Waals surface area (Å²) in [6, 6.07) is 10.5. The summed E-state index contributed by atoms with van der Waals surface area (Å²) in [5, 5.41) is 9.30. The molecule has 7 nitrogen and oxygen atoms in total. The van der Waals surface area contributed by atoms with Gasteiger partial charge in [0.25, 0.3) is 10.0 Å². The quantitative estimate of drug-likeness (QED) is 0.677. The Morgan fingerprint density at radius 1 is 1.11 bits per heavy atom. The van der Waals surface area contributed by atoms with E-state index in [1.54, 1.807) is 18.2 Å². The maximum absolute atomic E-state index is 13.2. The van der Waals surface area contributed by atoms with Crippen LogP contribution >= 0.6 is 11.6 Å². The largest absolute Gasteiger partial charge is 0.497 e. The fourth-order valence-electron chi connectivity index (χ4n) is 2.47. The normalized spacial score (nSPS) is 11.1. The van der Waals surface area contributed by atoms with E-state index in [0.717, 1.165) is 4.31 Å². The third-order valence-electron chi connectivity index (χ3n) is 3.81. The van der Waals surface area contributed by atoms with Gasteiger partial charge in [-0.2, -0.15) is 0 Å². The van der Waals surface area contributed by atoms with Gasteiger partial charge in [0.2, 0.25) is 0 Å². The zero-order valence-corrected chi connectivity index (χ0v) is 16.5. The SMILES string of the molecule is COc1ccc(N(CCCC(=O)O)S(=O)(=O)c2ccc(Cl)cc2)c(OC)c1. The lowest BCUT2D eigenvalue weighted by atomic mass is 10.2. The zero-order valence-electron chi connectivity index (χ0n) is 14.9. The van der Waals surface area contributed by atoms with Crippen LogP contribution in [0.2, 0.25) is 5.02 Å². The molecule has 2 aromatic rings. The van der Waals surface area contributed by atoms with Gasteiger partial charge in [-0.05, 0) is 42.8 Å². The van der Waals surface area contributed by atoms with E-state index >= 15 is 0 Å². The van der Waals surface area contributed by atoms with Gasteiger partial charge in [-0.25, -0.2) is 8.42 Å². The van der Waals surface area contributed by atoms with Crippen LogP contribution in [0.5, 0.6) is 11.5 Å². The van der Waals surface area contributed by atoms with Crippen molar-refractivity contribution in [3.05, 3.63) is 47.5 Å². The molecule has 0 bridgehead atoms. The highest BCUT2D eigenvalue weighted by Crippen LogP contribution is 2.35. The minimum atomic E-state index is -3.96. The Bertz CT molecular complexity index is 899. The second-order valence-corrected chi connectivity index (χ2v) is 7.86. The van der Waals surface area contributed by atoms with Gasteiger partial charge < -0.3 is 14.6 Å². The molecule has 0 aliphatic heterocycles. The maximum atomic E-state index is 13.2. The molecule has 0 unspecified atom stereocenters. The first kappa shape index (κ1) is 20.9. The number of carbonyl (C=O) groups is 1. The molecule has 0 amide bonds. The van der Waals surface area contributed by atoms with Gasteiger partial charge in [-0.1, -0.05) is 11.6 Å². The number of hydrogen-bond acceptors (Lipinski definition) is 5. The van der Waals surface area contributed by atoms with Crippen molar-refractivity contribution in [2.24, 2.45) is 0 Å². The monoisotopic (exact) mass is 413 g/mol. The molecule has 0 spiro atoms. The molecule has 0 aliphatic carbocycles. The second-order valence-electron chi connectivity index (χ2n) is 5.57. The summed E-state index contributed by atoms with van der Waals surface area (Å²) in [6.07, 6.45) is -0.0254. The molecule has 2 aromatic carbocycles. The summed E-state index contributed by atoms with van der Waals surface area (Å²) in [5.41, 5.74) is 0.290. The van der Waals surface area contributed by atoms with E-state index < -0.39 is 16.0 Å². The average Bonchev–Trinajstić information content (AvgIpc) is 2.65. The summed E-state index contributed by atoms with van der Waals surface area (Å²) in [7, 11) is -1.05. The lowest BCUT2D eigenvalue weighted by Gasteiger charge is -2.26. The fraction of sp³-hybridized carbons (Fsp3) is 0.278. The Labute approximate surface area is 163 Å². The van der Waals surface area contributed by atoms with Crippen LogP contribution in [0.15, 0.2) is 47.4 Å². The van der Waals surface area contributed by atoms with Crippen molar-refractivity contribution in [3.63, 3.8) is 0 Å². The van der Waals surface area contributed by atoms with E-state index in [1.165, 1.54) is 38.5 Å². The molecule has 0 heterocycles. The van der Waals surface area contributed by atoms with Crippen LogP contribution in [-0.4, -0.2) is 40.3 Å². The first-order valence-corrected chi connectivity index (χ1v) is 9.83. The Morgan fingerprint density at radius 2 is 1.78 bits per heavy atom. The molecule has 0 fully saturated rings. The number of carboxylic acids is 1. The second kappa shape index (κ2) is 8.96. The van der Waals surface area contributed by atoms with Gasteiger partial charge in [0.1, 0.15) is 11.5 Å². The Balaban J connectivity index is 2.51. The molecule has 0 aliphatic rings. The van der Waals surface area contributed by atoms with Gasteiger partial charge in [0, 0.05) is 24.1 Å². The van der Waals surface area contributed by atoms with Gasteiger partial charge in [0.15, 0.2) is 0 Å². The Hall–Kier alpha value is -2.45. The summed E-state index contributed by atoms with van der Waals surface area (Å²) >= 11 is 5.85. The molecule has 9 heteroatoms. The van der Waals surface area contributed by atoms with Crippen LogP contribution in [0, 0.1) is 0 Å². The summed E-state index contributed by atoms with van der Waals surface area (Å²) in [5.74, 6) is -0.201. The van der Waals surface area contributed by atoms with E-state index in [0.29, 0.717) is 22.2 Å². The highest BCUT2D eigenvalue weighted by molar-refractivity contribution is 7.92. The Morgan fingerprint density at radius 3 is 2.33 bits per heavy atom. The molecule has 0 atom stereocenters. The van der Waals surface area contributed by atoms with Crippen molar-refractivity contribution < 1.29 is 27.8 Å². The number of carboxylic acid groups (broad SMARTS) is 1. The molecular formula is C18H20ClNO6S. The first-order valence-electron chi connectivity index (χ1n) is 8.01. The van der Waals surface area contributed by atoms with Crippen molar-refractivity contribution in [2.75, 3.05) is 25.1 Å². The van der Waals surface area contributed by atoms with Gasteiger partial charge in [-0.15, -0.1) is 0 Å². The number of hydrogen-bond donors (Lipinski definition) is 1. The van der Waals surface area contributed by atoms with Gasteiger partial charge in [0.05, 0.1) is 24.8 Å².